The highest BCUT2D eigenvalue weighted by molar-refractivity contribution is 9.10. The van der Waals surface area contributed by atoms with Crippen molar-refractivity contribution >= 4 is 31.6 Å². The maximum atomic E-state index is 13.9. The summed E-state index contributed by atoms with van der Waals surface area (Å²) in [5, 5.41) is 0. The number of hydrogen-bond acceptors (Lipinski definition) is 2. The summed E-state index contributed by atoms with van der Waals surface area (Å²) < 4.78 is 54.4. The van der Waals surface area contributed by atoms with Gasteiger partial charge in [-0.1, -0.05) is 12.1 Å². The third-order valence-corrected chi connectivity index (χ3v) is 5.22. The van der Waals surface area contributed by atoms with Gasteiger partial charge in [0.2, 0.25) is 0 Å². The molecular weight excluding hydrogens is 364 g/mol. The summed E-state index contributed by atoms with van der Waals surface area (Å²) in [6.45, 7) is 3.23. The molecule has 0 spiro atoms. The van der Waals surface area contributed by atoms with Gasteiger partial charge in [0.25, 0.3) is 10.0 Å². The number of aryl methyl sites for hydroxylation is 2. The van der Waals surface area contributed by atoms with Gasteiger partial charge in [0, 0.05) is 4.47 Å². The molecule has 0 atom stereocenters. The highest BCUT2D eigenvalue weighted by Crippen LogP contribution is 2.28. The SMILES string of the molecule is Cc1ccc(S(=O)(=O)Nc2c(F)ccc(C)c2F)c(Br)c1. The lowest BCUT2D eigenvalue weighted by atomic mass is 10.2. The van der Waals surface area contributed by atoms with Crippen LogP contribution in [0.25, 0.3) is 0 Å². The quantitative estimate of drug-likeness (QED) is 0.875. The zero-order valence-corrected chi connectivity index (χ0v) is 13.6. The lowest BCUT2D eigenvalue weighted by Crippen LogP contribution is -2.16. The Morgan fingerprint density at radius 3 is 2.38 bits per heavy atom. The van der Waals surface area contributed by atoms with E-state index < -0.39 is 27.3 Å². The summed E-state index contributed by atoms with van der Waals surface area (Å²) in [4.78, 5) is -0.0894. The molecule has 0 fully saturated rings. The lowest BCUT2D eigenvalue weighted by molar-refractivity contribution is 0.578. The summed E-state index contributed by atoms with van der Waals surface area (Å²) >= 11 is 3.14. The van der Waals surface area contributed by atoms with Crippen LogP contribution in [-0.2, 0) is 10.0 Å². The van der Waals surface area contributed by atoms with E-state index in [-0.39, 0.29) is 10.5 Å². The first-order valence-electron chi connectivity index (χ1n) is 5.96. The van der Waals surface area contributed by atoms with Gasteiger partial charge in [-0.25, -0.2) is 17.2 Å². The molecule has 2 aromatic carbocycles. The molecule has 0 aliphatic carbocycles. The van der Waals surface area contributed by atoms with Gasteiger partial charge in [-0.2, -0.15) is 0 Å². The highest BCUT2D eigenvalue weighted by atomic mass is 79.9. The Morgan fingerprint density at radius 2 is 1.76 bits per heavy atom. The third-order valence-electron chi connectivity index (χ3n) is 2.90. The average Bonchev–Trinajstić information content (AvgIpc) is 2.39. The van der Waals surface area contributed by atoms with E-state index in [9.17, 15) is 17.2 Å². The van der Waals surface area contributed by atoms with Crippen LogP contribution in [0.15, 0.2) is 39.7 Å². The third kappa shape index (κ3) is 3.24. The molecule has 0 radical (unpaired) electrons. The summed E-state index contributed by atoms with van der Waals surface area (Å²) in [5.41, 5.74) is 0.327. The minimum Gasteiger partial charge on any atom is -0.274 e. The van der Waals surface area contributed by atoms with E-state index in [2.05, 4.69) is 15.9 Å². The molecule has 2 rings (SSSR count). The zero-order valence-electron chi connectivity index (χ0n) is 11.2. The van der Waals surface area contributed by atoms with E-state index in [1.165, 1.54) is 19.1 Å². The number of sulfonamides is 1. The van der Waals surface area contributed by atoms with Crippen LogP contribution in [0.2, 0.25) is 0 Å². The molecule has 0 bridgehead atoms. The van der Waals surface area contributed by atoms with Crippen molar-refractivity contribution in [2.24, 2.45) is 0 Å². The van der Waals surface area contributed by atoms with E-state index in [1.54, 1.807) is 19.1 Å². The second-order valence-corrected chi connectivity index (χ2v) is 7.10. The minimum atomic E-state index is -4.10. The summed E-state index contributed by atoms with van der Waals surface area (Å²) in [5.74, 6) is -1.90. The van der Waals surface area contributed by atoms with Crippen LogP contribution >= 0.6 is 15.9 Å². The van der Waals surface area contributed by atoms with Crippen molar-refractivity contribution < 1.29 is 17.2 Å². The van der Waals surface area contributed by atoms with Crippen molar-refractivity contribution in [1.82, 2.24) is 0 Å². The molecule has 0 saturated heterocycles. The van der Waals surface area contributed by atoms with E-state index in [1.807, 2.05) is 4.72 Å². The van der Waals surface area contributed by atoms with Gasteiger partial charge in [-0.05, 0) is 59.1 Å². The normalized spacial score (nSPS) is 11.5. The van der Waals surface area contributed by atoms with E-state index in [0.717, 1.165) is 11.6 Å². The van der Waals surface area contributed by atoms with E-state index >= 15 is 0 Å². The number of benzene rings is 2. The fraction of sp³-hybridized carbons (Fsp3) is 0.143. The molecule has 0 amide bonds. The molecule has 112 valence electrons. The van der Waals surface area contributed by atoms with Crippen molar-refractivity contribution in [2.45, 2.75) is 18.7 Å². The van der Waals surface area contributed by atoms with Gasteiger partial charge < -0.3 is 0 Å². The molecule has 1 N–H and O–H groups in total. The topological polar surface area (TPSA) is 46.2 Å². The second-order valence-electron chi connectivity index (χ2n) is 4.59. The zero-order chi connectivity index (χ0) is 15.8. The van der Waals surface area contributed by atoms with E-state index in [0.29, 0.717) is 4.47 Å². The summed E-state index contributed by atoms with van der Waals surface area (Å²) in [6.07, 6.45) is 0. The van der Waals surface area contributed by atoms with Gasteiger partial charge in [-0.15, -0.1) is 0 Å². The van der Waals surface area contributed by atoms with Gasteiger partial charge in [0.15, 0.2) is 5.82 Å². The second kappa shape index (κ2) is 5.73. The van der Waals surface area contributed by atoms with Crippen LogP contribution in [0.3, 0.4) is 0 Å². The maximum absolute atomic E-state index is 13.9. The predicted molar refractivity (Wildman–Crippen MR) is 80.8 cm³/mol. The number of anilines is 1. The maximum Gasteiger partial charge on any atom is 0.263 e. The predicted octanol–water partition coefficient (Wildman–Crippen LogP) is 4.14. The fourth-order valence-electron chi connectivity index (χ4n) is 1.76. The molecule has 0 unspecified atom stereocenters. The molecule has 2 aromatic rings. The molecule has 0 aliphatic heterocycles. The Bertz CT molecular complexity index is 807. The van der Waals surface area contributed by atoms with Crippen LogP contribution in [-0.4, -0.2) is 8.42 Å². The Labute approximate surface area is 130 Å². The van der Waals surface area contributed by atoms with Gasteiger partial charge >= 0.3 is 0 Å². The lowest BCUT2D eigenvalue weighted by Gasteiger charge is -2.12. The standard InChI is InChI=1S/C14H12BrF2NO2S/c1-8-3-6-12(10(15)7-8)21(19,20)18-14-11(16)5-4-9(2)13(14)17/h3-7,18H,1-2H3. The molecule has 7 heteroatoms. The molecule has 0 aromatic heterocycles. The first-order valence-corrected chi connectivity index (χ1v) is 8.23. The van der Waals surface area contributed by atoms with Gasteiger partial charge in [-0.3, -0.25) is 4.72 Å². The highest BCUT2D eigenvalue weighted by Gasteiger charge is 2.22. The largest absolute Gasteiger partial charge is 0.274 e. The van der Waals surface area contributed by atoms with Crippen molar-refractivity contribution in [2.75, 3.05) is 4.72 Å². The number of nitrogens with one attached hydrogen (secondary N) is 1. The number of hydrogen-bond donors (Lipinski definition) is 1. The van der Waals surface area contributed by atoms with Crippen LogP contribution in [0.5, 0.6) is 0 Å². The van der Waals surface area contributed by atoms with Crippen LogP contribution in [0.4, 0.5) is 14.5 Å². The fourth-order valence-corrected chi connectivity index (χ4v) is 4.02. The van der Waals surface area contributed by atoms with Crippen molar-refractivity contribution in [1.29, 1.82) is 0 Å². The molecular formula is C14H12BrF2NO2S. The average molecular weight is 376 g/mol. The number of halogens is 3. The van der Waals surface area contributed by atoms with Gasteiger partial charge in [0.05, 0.1) is 0 Å². The smallest absolute Gasteiger partial charge is 0.263 e. The first-order chi connectivity index (χ1) is 9.72. The summed E-state index contributed by atoms with van der Waals surface area (Å²) in [7, 11) is -4.10. The Balaban J connectivity index is 2.50. The Hall–Kier alpha value is -1.47. The molecule has 0 heterocycles. The van der Waals surface area contributed by atoms with Crippen molar-refractivity contribution in [3.63, 3.8) is 0 Å². The number of rotatable bonds is 3. The Kier molecular flexibility index (Phi) is 4.34. The van der Waals surface area contributed by atoms with Gasteiger partial charge in [0.1, 0.15) is 16.4 Å². The monoisotopic (exact) mass is 375 g/mol. The Morgan fingerprint density at radius 1 is 1.10 bits per heavy atom. The first kappa shape index (κ1) is 15.9. The molecule has 0 aliphatic rings. The van der Waals surface area contributed by atoms with Crippen LogP contribution in [0.1, 0.15) is 11.1 Å². The molecule has 3 nitrogen and oxygen atoms in total. The van der Waals surface area contributed by atoms with Crippen molar-refractivity contribution in [3.05, 3.63) is 57.6 Å². The molecule has 21 heavy (non-hydrogen) atoms. The van der Waals surface area contributed by atoms with Crippen molar-refractivity contribution in [3.8, 4) is 0 Å². The summed E-state index contributed by atoms with van der Waals surface area (Å²) in [6, 6.07) is 6.83. The minimum absolute atomic E-state index is 0.0894. The van der Waals surface area contributed by atoms with Crippen LogP contribution < -0.4 is 4.72 Å². The van der Waals surface area contributed by atoms with E-state index in [4.69, 9.17) is 0 Å². The molecule has 0 saturated carbocycles. The van der Waals surface area contributed by atoms with Crippen LogP contribution in [0, 0.1) is 25.5 Å².